The van der Waals surface area contributed by atoms with Gasteiger partial charge in [-0.25, -0.2) is 4.98 Å². The second-order valence-corrected chi connectivity index (χ2v) is 4.18. The van der Waals surface area contributed by atoms with Gasteiger partial charge in [0.05, 0.1) is 18.6 Å². The first-order valence-electron chi connectivity index (χ1n) is 3.40. The third kappa shape index (κ3) is 9.06. The first-order chi connectivity index (χ1) is 6.70. The zero-order chi connectivity index (χ0) is 12.1. The smallest absolute Gasteiger partial charge is 0.268 e. The van der Waals surface area contributed by atoms with Crippen molar-refractivity contribution in [3.8, 4) is 0 Å². The monoisotopic (exact) mass is 253 g/mol. The Hall–Kier alpha value is -1.25. The molecule has 0 radical (unpaired) electrons. The molecule has 0 aliphatic heterocycles. The summed E-state index contributed by atoms with van der Waals surface area (Å²) >= 11 is 5.41. The van der Waals surface area contributed by atoms with Crippen LogP contribution in [0.4, 0.5) is 0 Å². The first-order valence-corrected chi connectivity index (χ1v) is 5.62. The fraction of sp³-hybridized carbons (Fsp3) is 0.167. The quantitative estimate of drug-likeness (QED) is 0.664. The van der Waals surface area contributed by atoms with Crippen LogP contribution in [0.3, 0.4) is 0 Å². The number of aromatic nitrogens is 2. The van der Waals surface area contributed by atoms with Gasteiger partial charge in [0.15, 0.2) is 0 Å². The van der Waals surface area contributed by atoms with E-state index in [2.05, 4.69) is 9.97 Å². The maximum atomic E-state index is 10.4. The molecular formula is C6H8ClN3O4S. The molecule has 0 fully saturated rings. The van der Waals surface area contributed by atoms with Crippen LogP contribution in [0.15, 0.2) is 12.4 Å². The summed E-state index contributed by atoms with van der Waals surface area (Å²) in [5.41, 5.74) is 4.96. The number of hydrogen-bond donors (Lipinski definition) is 2. The molecule has 0 aromatic carbocycles. The highest BCUT2D eigenvalue weighted by Gasteiger charge is 2.01. The molecule has 0 saturated carbocycles. The average Bonchev–Trinajstić information content (AvgIpc) is 2.00. The summed E-state index contributed by atoms with van der Waals surface area (Å²) in [6.45, 7) is 0. The molecule has 0 unspecified atom stereocenters. The Kier molecular flexibility index (Phi) is 5.12. The van der Waals surface area contributed by atoms with Crippen molar-refractivity contribution in [1.29, 1.82) is 0 Å². The van der Waals surface area contributed by atoms with Crippen molar-refractivity contribution in [2.45, 2.75) is 0 Å². The van der Waals surface area contributed by atoms with Gasteiger partial charge in [0.2, 0.25) is 0 Å². The molecule has 0 aliphatic carbocycles. The standard InChI is InChI=1S/C5H4ClN3O.CH4O3S/c6-4-2-8-1-3(9-4)5(7)10;1-5(2,3)4/h1-2H,(H2,7,10);1H3,(H,2,3,4). The summed E-state index contributed by atoms with van der Waals surface area (Å²) in [4.78, 5) is 17.6. The van der Waals surface area contributed by atoms with Gasteiger partial charge in [0, 0.05) is 0 Å². The Morgan fingerprint density at radius 3 is 2.27 bits per heavy atom. The summed E-state index contributed by atoms with van der Waals surface area (Å²) < 4.78 is 25.9. The van der Waals surface area contributed by atoms with E-state index in [0.717, 1.165) is 0 Å². The van der Waals surface area contributed by atoms with Crippen molar-refractivity contribution < 1.29 is 17.8 Å². The molecule has 1 rings (SSSR count). The number of primary amides is 1. The molecule has 3 N–H and O–H groups in total. The second-order valence-electron chi connectivity index (χ2n) is 2.32. The summed E-state index contributed by atoms with van der Waals surface area (Å²) in [7, 11) is -3.67. The molecule has 0 aliphatic rings. The van der Waals surface area contributed by atoms with Crippen molar-refractivity contribution >= 4 is 27.6 Å². The van der Waals surface area contributed by atoms with Crippen LogP contribution in [0.1, 0.15) is 10.5 Å². The molecule has 0 spiro atoms. The van der Waals surface area contributed by atoms with E-state index >= 15 is 0 Å². The Balaban J connectivity index is 0.000000336. The molecule has 0 atom stereocenters. The molecule has 0 bridgehead atoms. The lowest BCUT2D eigenvalue weighted by Crippen LogP contribution is -2.13. The predicted octanol–water partition coefficient (Wildman–Crippen LogP) is -0.267. The third-order valence-corrected chi connectivity index (χ3v) is 1.04. The van der Waals surface area contributed by atoms with Gasteiger partial charge in [0.1, 0.15) is 10.8 Å². The van der Waals surface area contributed by atoms with Crippen LogP contribution in [0, 0.1) is 0 Å². The van der Waals surface area contributed by atoms with E-state index in [1.165, 1.54) is 12.4 Å². The SMILES string of the molecule is CS(=O)(=O)O.NC(=O)c1cncc(Cl)n1. The van der Waals surface area contributed by atoms with Crippen LogP contribution >= 0.6 is 11.6 Å². The van der Waals surface area contributed by atoms with Gasteiger partial charge in [-0.3, -0.25) is 14.3 Å². The molecule has 7 nitrogen and oxygen atoms in total. The van der Waals surface area contributed by atoms with Crippen molar-refractivity contribution in [3.63, 3.8) is 0 Å². The highest BCUT2D eigenvalue weighted by molar-refractivity contribution is 7.85. The number of carbonyl (C=O) groups excluding carboxylic acids is 1. The number of rotatable bonds is 1. The van der Waals surface area contributed by atoms with Gasteiger partial charge >= 0.3 is 0 Å². The normalized spacial score (nSPS) is 10.1. The van der Waals surface area contributed by atoms with Gasteiger partial charge in [-0.15, -0.1) is 0 Å². The fourth-order valence-corrected chi connectivity index (χ4v) is 0.608. The van der Waals surface area contributed by atoms with E-state index in [-0.39, 0.29) is 10.8 Å². The molecule has 0 saturated heterocycles. The average molecular weight is 254 g/mol. The molecule has 15 heavy (non-hydrogen) atoms. The van der Waals surface area contributed by atoms with Crippen LogP contribution in [-0.4, -0.2) is 35.1 Å². The van der Waals surface area contributed by atoms with Crippen LogP contribution in [-0.2, 0) is 10.1 Å². The number of amides is 1. The number of nitrogens with two attached hydrogens (primary N) is 1. The first kappa shape index (κ1) is 13.8. The molecule has 1 heterocycles. The minimum atomic E-state index is -3.67. The van der Waals surface area contributed by atoms with Crippen molar-refractivity contribution in [2.75, 3.05) is 6.26 Å². The molecule has 1 aromatic rings. The minimum absolute atomic E-state index is 0.0764. The van der Waals surface area contributed by atoms with Crippen LogP contribution in [0.25, 0.3) is 0 Å². The van der Waals surface area contributed by atoms with Crippen LogP contribution in [0.5, 0.6) is 0 Å². The summed E-state index contributed by atoms with van der Waals surface area (Å²) in [5, 5.41) is 0.163. The maximum absolute atomic E-state index is 10.4. The minimum Gasteiger partial charge on any atom is -0.364 e. The van der Waals surface area contributed by atoms with E-state index in [1.54, 1.807) is 0 Å². The molecule has 9 heteroatoms. The largest absolute Gasteiger partial charge is 0.364 e. The lowest BCUT2D eigenvalue weighted by atomic mass is 10.4. The van der Waals surface area contributed by atoms with Gasteiger partial charge in [-0.05, 0) is 0 Å². The molecule has 1 amide bonds. The predicted molar refractivity (Wildman–Crippen MR) is 53.0 cm³/mol. The number of carbonyl (C=O) groups is 1. The van der Waals surface area contributed by atoms with E-state index < -0.39 is 16.0 Å². The third-order valence-electron chi connectivity index (χ3n) is 0.858. The van der Waals surface area contributed by atoms with Crippen LogP contribution in [0.2, 0.25) is 5.15 Å². The fourth-order valence-electron chi connectivity index (χ4n) is 0.461. The highest BCUT2D eigenvalue weighted by Crippen LogP contribution is 2.00. The van der Waals surface area contributed by atoms with E-state index in [9.17, 15) is 13.2 Å². The topological polar surface area (TPSA) is 123 Å². The van der Waals surface area contributed by atoms with E-state index in [0.29, 0.717) is 6.26 Å². The lowest BCUT2D eigenvalue weighted by Gasteiger charge is -1.91. The molecule has 84 valence electrons. The van der Waals surface area contributed by atoms with Gasteiger partial charge in [-0.2, -0.15) is 8.42 Å². The Bertz CT molecular complexity index is 439. The Morgan fingerprint density at radius 1 is 1.53 bits per heavy atom. The lowest BCUT2D eigenvalue weighted by molar-refractivity contribution is 0.0995. The molecular weight excluding hydrogens is 246 g/mol. The zero-order valence-electron chi connectivity index (χ0n) is 7.58. The van der Waals surface area contributed by atoms with Crippen molar-refractivity contribution in [3.05, 3.63) is 23.2 Å². The highest BCUT2D eigenvalue weighted by atomic mass is 35.5. The molecule has 1 aromatic heterocycles. The van der Waals surface area contributed by atoms with Crippen molar-refractivity contribution in [1.82, 2.24) is 9.97 Å². The second kappa shape index (κ2) is 5.59. The summed E-state index contributed by atoms with van der Waals surface area (Å²) in [6.07, 6.45) is 3.30. The van der Waals surface area contributed by atoms with Crippen LogP contribution < -0.4 is 5.73 Å². The van der Waals surface area contributed by atoms with E-state index in [4.69, 9.17) is 21.9 Å². The Morgan fingerprint density at radius 2 is 2.00 bits per heavy atom. The van der Waals surface area contributed by atoms with Gasteiger partial charge in [-0.1, -0.05) is 11.6 Å². The maximum Gasteiger partial charge on any atom is 0.268 e. The summed E-state index contributed by atoms with van der Waals surface area (Å²) in [5.74, 6) is -0.630. The number of halogens is 1. The van der Waals surface area contributed by atoms with E-state index in [1.807, 2.05) is 0 Å². The Labute approximate surface area is 91.0 Å². The number of hydrogen-bond acceptors (Lipinski definition) is 5. The van der Waals surface area contributed by atoms with Gasteiger partial charge in [0.25, 0.3) is 16.0 Å². The zero-order valence-corrected chi connectivity index (χ0v) is 9.16. The van der Waals surface area contributed by atoms with Crippen molar-refractivity contribution in [2.24, 2.45) is 5.73 Å². The van der Waals surface area contributed by atoms with Gasteiger partial charge < -0.3 is 5.73 Å². The summed E-state index contributed by atoms with van der Waals surface area (Å²) in [6, 6.07) is 0. The number of nitrogens with zero attached hydrogens (tertiary/aromatic N) is 2.